The van der Waals surface area contributed by atoms with Crippen molar-refractivity contribution < 1.29 is 14.4 Å². The summed E-state index contributed by atoms with van der Waals surface area (Å²) in [6.45, 7) is 20.3. The summed E-state index contributed by atoms with van der Waals surface area (Å²) in [7, 11) is 1.89. The topological polar surface area (TPSA) is 101 Å². The number of nitrogens with two attached hydrogens (primary N) is 1. The van der Waals surface area contributed by atoms with Gasteiger partial charge >= 0.3 is 0 Å². The Balaban J connectivity index is 0. The van der Waals surface area contributed by atoms with Crippen LogP contribution in [0.3, 0.4) is 0 Å². The van der Waals surface area contributed by atoms with E-state index in [-0.39, 0.29) is 29.6 Å². The normalized spacial score (nSPS) is 15.3. The van der Waals surface area contributed by atoms with Gasteiger partial charge in [0, 0.05) is 24.5 Å². The first-order valence-electron chi connectivity index (χ1n) is 12.9. The van der Waals surface area contributed by atoms with Gasteiger partial charge in [0.15, 0.2) is 5.78 Å². The van der Waals surface area contributed by atoms with Gasteiger partial charge in [0.1, 0.15) is 6.29 Å². The van der Waals surface area contributed by atoms with Crippen LogP contribution in [0.25, 0.3) is 0 Å². The zero-order valence-corrected chi connectivity index (χ0v) is 23.0. The largest absolute Gasteiger partial charge is 0.349 e. The zero-order valence-electron chi connectivity index (χ0n) is 23.0. The Labute approximate surface area is 209 Å². The van der Waals surface area contributed by atoms with Crippen molar-refractivity contribution in [3.8, 4) is 0 Å². The van der Waals surface area contributed by atoms with Gasteiger partial charge in [-0.25, -0.2) is 0 Å². The van der Waals surface area contributed by atoms with Crippen molar-refractivity contribution in [3.63, 3.8) is 0 Å². The second kappa shape index (κ2) is 19.5. The number of rotatable bonds is 14. The number of nitrogens with one attached hydrogen (secondary N) is 2. The van der Waals surface area contributed by atoms with E-state index in [0.29, 0.717) is 17.9 Å². The first kappa shape index (κ1) is 34.4. The average Bonchev–Trinajstić information content (AvgIpc) is 3.59. The molecule has 1 rings (SSSR count). The molecule has 0 aromatic rings. The Morgan fingerprint density at radius 1 is 1.18 bits per heavy atom. The van der Waals surface area contributed by atoms with E-state index in [1.807, 2.05) is 33.9 Å². The van der Waals surface area contributed by atoms with Gasteiger partial charge < -0.3 is 16.4 Å². The summed E-state index contributed by atoms with van der Waals surface area (Å²) in [5, 5.41) is 5.87. The molecule has 0 radical (unpaired) electrons. The highest BCUT2D eigenvalue weighted by Crippen LogP contribution is 2.34. The highest BCUT2D eigenvalue weighted by Gasteiger charge is 2.33. The van der Waals surface area contributed by atoms with Crippen molar-refractivity contribution in [1.29, 1.82) is 0 Å². The third-order valence-electron chi connectivity index (χ3n) is 5.53. The molecule has 1 fully saturated rings. The molecule has 3 atom stereocenters. The van der Waals surface area contributed by atoms with Crippen molar-refractivity contribution in [2.75, 3.05) is 13.6 Å². The zero-order chi connectivity index (χ0) is 26.7. The molecule has 6 nitrogen and oxygen atoms in total. The summed E-state index contributed by atoms with van der Waals surface area (Å²) in [6, 6.07) is -0.922. The number of unbranched alkanes of at least 4 members (excludes halogenated alkanes) is 1. The van der Waals surface area contributed by atoms with Gasteiger partial charge in [-0.05, 0) is 31.2 Å². The van der Waals surface area contributed by atoms with E-state index in [1.54, 1.807) is 0 Å². The third-order valence-corrected chi connectivity index (χ3v) is 5.53. The molecule has 0 aliphatic heterocycles. The summed E-state index contributed by atoms with van der Waals surface area (Å²) in [4.78, 5) is 36.5. The maximum absolute atomic E-state index is 12.8. The van der Waals surface area contributed by atoms with Crippen molar-refractivity contribution >= 4 is 18.0 Å². The van der Waals surface area contributed by atoms with Crippen LogP contribution < -0.4 is 16.4 Å². The lowest BCUT2D eigenvalue weighted by Gasteiger charge is -2.28. The van der Waals surface area contributed by atoms with Crippen LogP contribution in [0.15, 0.2) is 24.8 Å². The summed E-state index contributed by atoms with van der Waals surface area (Å²) < 4.78 is 0. The predicted octanol–water partition coefficient (Wildman–Crippen LogP) is 4.97. The molecule has 198 valence electrons. The fourth-order valence-electron chi connectivity index (χ4n) is 3.14. The van der Waals surface area contributed by atoms with Gasteiger partial charge in [-0.1, -0.05) is 86.3 Å². The van der Waals surface area contributed by atoms with Gasteiger partial charge in [-0.3, -0.25) is 14.4 Å². The molecule has 0 bridgehead atoms. The minimum atomic E-state index is -0.591. The lowest BCUT2D eigenvalue weighted by Crippen LogP contribution is -2.45. The molecule has 1 saturated carbocycles. The Morgan fingerprint density at radius 2 is 1.74 bits per heavy atom. The van der Waals surface area contributed by atoms with Gasteiger partial charge in [-0.15, -0.1) is 6.58 Å². The highest BCUT2D eigenvalue weighted by molar-refractivity contribution is 5.90. The Kier molecular flexibility index (Phi) is 19.7. The number of hydrogen-bond donors (Lipinski definition) is 3. The van der Waals surface area contributed by atoms with Crippen LogP contribution in [0, 0.1) is 17.3 Å². The van der Waals surface area contributed by atoms with E-state index in [1.165, 1.54) is 6.42 Å². The molecule has 0 aromatic heterocycles. The van der Waals surface area contributed by atoms with E-state index in [4.69, 9.17) is 5.73 Å². The summed E-state index contributed by atoms with van der Waals surface area (Å²) in [5.41, 5.74) is 6.14. The minimum Gasteiger partial charge on any atom is -0.349 e. The summed E-state index contributed by atoms with van der Waals surface area (Å²) in [5.74, 6) is -0.0951. The van der Waals surface area contributed by atoms with Crippen molar-refractivity contribution in [3.05, 3.63) is 24.8 Å². The molecule has 1 amide bonds. The number of aldehydes is 1. The van der Waals surface area contributed by atoms with Crippen molar-refractivity contribution in [2.45, 2.75) is 105 Å². The molecule has 0 aromatic carbocycles. The van der Waals surface area contributed by atoms with Crippen LogP contribution in [0.5, 0.6) is 0 Å². The Bertz CT molecular complexity index is 607. The molecular formula is C28H53N3O3. The molecule has 4 N–H and O–H groups in total. The lowest BCUT2D eigenvalue weighted by atomic mass is 9.81. The van der Waals surface area contributed by atoms with E-state index in [9.17, 15) is 14.4 Å². The minimum absolute atomic E-state index is 0.0818. The summed E-state index contributed by atoms with van der Waals surface area (Å²) >= 11 is 0. The van der Waals surface area contributed by atoms with E-state index in [2.05, 4.69) is 44.6 Å². The van der Waals surface area contributed by atoms with Gasteiger partial charge in [-0.2, -0.15) is 0 Å². The third kappa shape index (κ3) is 16.8. The fraction of sp³-hybridized carbons (Fsp3) is 0.750. The smallest absolute Gasteiger partial charge is 0.224 e. The van der Waals surface area contributed by atoms with Crippen LogP contribution >= 0.6 is 0 Å². The van der Waals surface area contributed by atoms with Crippen LogP contribution in [-0.4, -0.2) is 43.7 Å². The predicted molar refractivity (Wildman–Crippen MR) is 145 cm³/mol. The summed E-state index contributed by atoms with van der Waals surface area (Å²) in [6.07, 6.45) is 9.43. The van der Waals surface area contributed by atoms with E-state index < -0.39 is 12.0 Å². The Morgan fingerprint density at radius 3 is 2.09 bits per heavy atom. The number of carbonyl (C=O) groups is 3. The molecule has 34 heavy (non-hydrogen) atoms. The molecule has 6 heteroatoms. The van der Waals surface area contributed by atoms with Gasteiger partial charge in [0.2, 0.25) is 5.91 Å². The number of hydrogen-bond acceptors (Lipinski definition) is 5. The fourth-order valence-corrected chi connectivity index (χ4v) is 3.14. The van der Waals surface area contributed by atoms with Gasteiger partial charge in [0.05, 0.1) is 12.1 Å². The Hall–Kier alpha value is -1.79. The van der Waals surface area contributed by atoms with Gasteiger partial charge in [0.25, 0.3) is 0 Å². The number of carbonyl (C=O) groups excluding carboxylic acids is 3. The lowest BCUT2D eigenvalue weighted by molar-refractivity contribution is -0.131. The van der Waals surface area contributed by atoms with Crippen molar-refractivity contribution in [2.24, 2.45) is 23.0 Å². The number of amides is 1. The second-order valence-electron chi connectivity index (χ2n) is 10.3. The van der Waals surface area contributed by atoms with Crippen molar-refractivity contribution in [1.82, 2.24) is 10.6 Å². The SMILES string of the molecule is C=C(C=O)C(CC1CC1)NC(=O)C(CCCC)CC(=O)C(N)C(C)(C)C.C=CCNC.CCC. The molecule has 0 heterocycles. The number of likely N-dealkylation sites (N-methyl/N-ethyl adjacent to an activating group) is 1. The molecule has 3 unspecified atom stereocenters. The quantitative estimate of drug-likeness (QED) is 0.185. The first-order valence-corrected chi connectivity index (χ1v) is 12.9. The average molecular weight is 480 g/mol. The first-order chi connectivity index (χ1) is 15.9. The number of Topliss-reactive ketones (excluding diaryl/α,β-unsaturated/α-hetero) is 1. The van der Waals surface area contributed by atoms with Crippen LogP contribution in [0.2, 0.25) is 0 Å². The number of ketones is 1. The molecule has 0 saturated heterocycles. The molecule has 1 aliphatic rings. The second-order valence-corrected chi connectivity index (χ2v) is 10.3. The van der Waals surface area contributed by atoms with E-state index >= 15 is 0 Å². The van der Waals surface area contributed by atoms with Crippen LogP contribution in [-0.2, 0) is 14.4 Å². The molecule has 1 aliphatic carbocycles. The maximum Gasteiger partial charge on any atom is 0.224 e. The maximum atomic E-state index is 12.8. The van der Waals surface area contributed by atoms with Crippen LogP contribution in [0.4, 0.5) is 0 Å². The van der Waals surface area contributed by atoms with Crippen LogP contribution in [0.1, 0.15) is 92.9 Å². The molecular weight excluding hydrogens is 426 g/mol. The highest BCUT2D eigenvalue weighted by atomic mass is 16.2. The molecule has 0 spiro atoms. The monoisotopic (exact) mass is 479 g/mol. The standard InChI is InChI=1S/C21H36N2O3.C4H9N.C3H8/c1-6-7-8-16(12-18(25)19(22)21(3,4)5)20(26)23-17(14(2)13-24)11-15-9-10-15;1-3-4-5-2;1-3-2/h13,15-17,19H,2,6-12,22H2,1,3-5H3,(H,23,26);3,5H,1,4H2,2H3;3H2,1-2H3. The van der Waals surface area contributed by atoms with E-state index in [0.717, 1.165) is 44.9 Å².